The molecule has 248 valence electrons. The van der Waals surface area contributed by atoms with Gasteiger partial charge in [0.05, 0.1) is 32.1 Å². The number of rotatable bonds is 13. The minimum absolute atomic E-state index is 0.107. The van der Waals surface area contributed by atoms with Crippen LogP contribution < -0.4 is 19.7 Å². The second-order valence-corrected chi connectivity index (χ2v) is 14.0. The summed E-state index contributed by atoms with van der Waals surface area (Å²) >= 11 is 0. The van der Waals surface area contributed by atoms with E-state index in [2.05, 4.69) is 78.5 Å². The van der Waals surface area contributed by atoms with Crippen LogP contribution in [-0.4, -0.2) is 83.6 Å². The van der Waals surface area contributed by atoms with E-state index in [0.29, 0.717) is 19.1 Å². The van der Waals surface area contributed by atoms with Crippen LogP contribution in [0.15, 0.2) is 42.5 Å². The third-order valence-corrected chi connectivity index (χ3v) is 10.1. The lowest BCUT2D eigenvalue weighted by atomic mass is 9.70. The SMILES string of the molecule is COCCCN1CCOc2ccc(CO[C@H]3CC[C@H](CC(C)(C)C(=O)NC4CCN(C)CC4)C[C@@H]3c3ccc(OC)cc3)cc21. The number of benzene rings is 2. The van der Waals surface area contributed by atoms with Crippen molar-refractivity contribution < 1.29 is 23.7 Å². The highest BCUT2D eigenvalue weighted by molar-refractivity contribution is 5.82. The molecule has 8 nitrogen and oxygen atoms in total. The number of methoxy groups -OCH3 is 2. The average molecular weight is 622 g/mol. The smallest absolute Gasteiger partial charge is 0.225 e. The lowest BCUT2D eigenvalue weighted by Crippen LogP contribution is -2.48. The number of hydrogen-bond acceptors (Lipinski definition) is 7. The number of nitrogens with zero attached hydrogens (tertiary/aromatic N) is 2. The number of carbonyl (C=O) groups excluding carboxylic acids is 1. The van der Waals surface area contributed by atoms with E-state index in [4.69, 9.17) is 18.9 Å². The molecule has 3 atom stereocenters. The van der Waals surface area contributed by atoms with Crippen LogP contribution in [0.3, 0.4) is 0 Å². The number of ether oxygens (including phenoxy) is 4. The maximum Gasteiger partial charge on any atom is 0.225 e. The van der Waals surface area contributed by atoms with Gasteiger partial charge in [-0.3, -0.25) is 4.79 Å². The van der Waals surface area contributed by atoms with Crippen LogP contribution in [0.5, 0.6) is 11.5 Å². The monoisotopic (exact) mass is 621 g/mol. The van der Waals surface area contributed by atoms with Gasteiger partial charge in [0, 0.05) is 37.6 Å². The molecule has 2 aromatic carbocycles. The molecule has 2 fully saturated rings. The number of hydrogen-bond donors (Lipinski definition) is 1. The van der Waals surface area contributed by atoms with E-state index >= 15 is 0 Å². The lowest BCUT2D eigenvalue weighted by Gasteiger charge is -2.40. The average Bonchev–Trinajstić information content (AvgIpc) is 3.05. The van der Waals surface area contributed by atoms with Crippen molar-refractivity contribution in [3.05, 3.63) is 53.6 Å². The molecular weight excluding hydrogens is 566 g/mol. The highest BCUT2D eigenvalue weighted by atomic mass is 16.5. The minimum Gasteiger partial charge on any atom is -0.497 e. The van der Waals surface area contributed by atoms with Gasteiger partial charge in [-0.05, 0) is 106 Å². The van der Waals surface area contributed by atoms with Crippen molar-refractivity contribution in [2.45, 2.75) is 83.5 Å². The van der Waals surface area contributed by atoms with Crippen LogP contribution in [0.4, 0.5) is 5.69 Å². The highest BCUT2D eigenvalue weighted by Gasteiger charge is 2.38. The van der Waals surface area contributed by atoms with E-state index in [1.807, 2.05) is 0 Å². The fourth-order valence-corrected chi connectivity index (χ4v) is 7.41. The van der Waals surface area contributed by atoms with E-state index in [-0.39, 0.29) is 24.0 Å². The van der Waals surface area contributed by atoms with Gasteiger partial charge >= 0.3 is 0 Å². The second kappa shape index (κ2) is 15.7. The molecule has 0 spiro atoms. The zero-order valence-corrected chi connectivity index (χ0v) is 28.2. The van der Waals surface area contributed by atoms with Crippen molar-refractivity contribution in [3.63, 3.8) is 0 Å². The van der Waals surface area contributed by atoms with Gasteiger partial charge in [-0.25, -0.2) is 0 Å². The lowest BCUT2D eigenvalue weighted by molar-refractivity contribution is -0.131. The topological polar surface area (TPSA) is 72.5 Å². The maximum atomic E-state index is 13.5. The summed E-state index contributed by atoms with van der Waals surface area (Å²) in [5.74, 6) is 2.72. The number of piperidine rings is 1. The Bertz CT molecular complexity index is 1230. The maximum absolute atomic E-state index is 13.5. The summed E-state index contributed by atoms with van der Waals surface area (Å²) in [6.45, 7) is 10.2. The Hall–Kier alpha value is -2.81. The van der Waals surface area contributed by atoms with Gasteiger partial charge in [0.25, 0.3) is 0 Å². The zero-order chi connectivity index (χ0) is 31.8. The van der Waals surface area contributed by atoms with E-state index < -0.39 is 5.41 Å². The van der Waals surface area contributed by atoms with Gasteiger partial charge in [-0.1, -0.05) is 32.0 Å². The van der Waals surface area contributed by atoms with Gasteiger partial charge in [-0.15, -0.1) is 0 Å². The first-order valence-corrected chi connectivity index (χ1v) is 17.0. The summed E-state index contributed by atoms with van der Waals surface area (Å²) in [6, 6.07) is 15.2. The van der Waals surface area contributed by atoms with E-state index in [9.17, 15) is 4.79 Å². The van der Waals surface area contributed by atoms with Gasteiger partial charge < -0.3 is 34.1 Å². The molecule has 1 aliphatic carbocycles. The van der Waals surface area contributed by atoms with Crippen LogP contribution in [-0.2, 0) is 20.9 Å². The molecule has 1 saturated heterocycles. The molecule has 45 heavy (non-hydrogen) atoms. The summed E-state index contributed by atoms with van der Waals surface area (Å²) in [4.78, 5) is 18.2. The van der Waals surface area contributed by atoms with E-state index in [1.54, 1.807) is 14.2 Å². The zero-order valence-electron chi connectivity index (χ0n) is 28.2. The molecule has 0 radical (unpaired) electrons. The Morgan fingerprint density at radius 1 is 1.02 bits per heavy atom. The Morgan fingerprint density at radius 2 is 1.80 bits per heavy atom. The first-order chi connectivity index (χ1) is 21.8. The number of likely N-dealkylation sites (tertiary alicyclic amines) is 1. The molecule has 1 saturated carbocycles. The van der Waals surface area contributed by atoms with Crippen LogP contribution in [0.25, 0.3) is 0 Å². The summed E-state index contributed by atoms with van der Waals surface area (Å²) in [6.07, 6.45) is 7.09. The van der Waals surface area contributed by atoms with Crippen molar-refractivity contribution in [2.75, 3.05) is 65.6 Å². The quantitative estimate of drug-likeness (QED) is 0.274. The summed E-state index contributed by atoms with van der Waals surface area (Å²) in [7, 11) is 5.62. The predicted molar refractivity (Wildman–Crippen MR) is 179 cm³/mol. The standard InChI is InChI=1S/C37H55N3O5/c1-37(2,36(41)38-30-15-18-39(3)19-16-30)25-27-7-13-34(32(23-27)29-9-11-31(43-5)12-10-29)45-26-28-8-14-35-33(24-28)40(20-22-44-35)17-6-21-42-4/h8-12,14,24,27,30,32,34H,6-7,13,15-23,25-26H2,1-5H3,(H,38,41)/t27-,32+,34-/m0/s1. The highest BCUT2D eigenvalue weighted by Crippen LogP contribution is 2.43. The Morgan fingerprint density at radius 3 is 2.53 bits per heavy atom. The van der Waals surface area contributed by atoms with Crippen molar-refractivity contribution >= 4 is 11.6 Å². The van der Waals surface area contributed by atoms with Gasteiger partial charge in [-0.2, -0.15) is 0 Å². The molecule has 5 rings (SSSR count). The van der Waals surface area contributed by atoms with Crippen molar-refractivity contribution in [2.24, 2.45) is 11.3 Å². The summed E-state index contributed by atoms with van der Waals surface area (Å²) in [5.41, 5.74) is 3.18. The molecule has 2 aliphatic heterocycles. The Balaban J connectivity index is 1.24. The van der Waals surface area contributed by atoms with Crippen LogP contribution in [0.1, 0.15) is 75.8 Å². The number of fused-ring (bicyclic) bond motifs is 1. The fourth-order valence-electron chi connectivity index (χ4n) is 7.41. The fraction of sp³-hybridized carbons (Fsp3) is 0.649. The molecule has 0 aromatic heterocycles. The van der Waals surface area contributed by atoms with Crippen molar-refractivity contribution in [1.82, 2.24) is 10.2 Å². The number of carbonyl (C=O) groups is 1. The predicted octanol–water partition coefficient (Wildman–Crippen LogP) is 6.03. The number of anilines is 1. The van der Waals surface area contributed by atoms with E-state index in [1.165, 1.54) is 11.1 Å². The molecule has 8 heteroatoms. The van der Waals surface area contributed by atoms with Crippen LogP contribution >= 0.6 is 0 Å². The molecule has 0 bridgehead atoms. The number of nitrogens with one attached hydrogen (secondary N) is 1. The molecule has 1 amide bonds. The first kappa shape index (κ1) is 33.6. The normalized spacial score (nSPS) is 22.9. The third kappa shape index (κ3) is 8.93. The summed E-state index contributed by atoms with van der Waals surface area (Å²) < 4.78 is 23.5. The minimum atomic E-state index is -0.410. The Kier molecular flexibility index (Phi) is 11.7. The Labute approximate surface area is 270 Å². The third-order valence-electron chi connectivity index (χ3n) is 10.1. The summed E-state index contributed by atoms with van der Waals surface area (Å²) in [5, 5.41) is 3.39. The van der Waals surface area contributed by atoms with Crippen LogP contribution in [0.2, 0.25) is 0 Å². The molecule has 2 heterocycles. The molecular formula is C37H55N3O5. The van der Waals surface area contributed by atoms with Crippen LogP contribution in [0, 0.1) is 11.3 Å². The van der Waals surface area contributed by atoms with Gasteiger partial charge in [0.15, 0.2) is 0 Å². The van der Waals surface area contributed by atoms with Crippen molar-refractivity contribution in [1.29, 1.82) is 0 Å². The van der Waals surface area contributed by atoms with Crippen molar-refractivity contribution in [3.8, 4) is 11.5 Å². The molecule has 1 N–H and O–H groups in total. The van der Waals surface area contributed by atoms with Gasteiger partial charge in [0.1, 0.15) is 18.1 Å². The molecule has 0 unspecified atom stereocenters. The second-order valence-electron chi connectivity index (χ2n) is 14.0. The molecule has 2 aromatic rings. The number of amides is 1. The van der Waals surface area contributed by atoms with Gasteiger partial charge in [0.2, 0.25) is 5.91 Å². The largest absolute Gasteiger partial charge is 0.497 e. The van der Waals surface area contributed by atoms with E-state index in [0.717, 1.165) is 94.9 Å². The first-order valence-electron chi connectivity index (χ1n) is 17.0. The molecule has 3 aliphatic rings.